The van der Waals surface area contributed by atoms with Crippen molar-refractivity contribution in [1.82, 2.24) is 0 Å². The molecule has 0 aliphatic carbocycles. The molecule has 0 amide bonds. The maximum absolute atomic E-state index is 10.0. The molecule has 0 saturated heterocycles. The zero-order valence-electron chi connectivity index (χ0n) is 6.45. The summed E-state index contributed by atoms with van der Waals surface area (Å²) >= 11 is -3.58. The van der Waals surface area contributed by atoms with Gasteiger partial charge < -0.3 is 0 Å². The average molecular weight is 249 g/mol. The molecule has 0 fully saturated rings. The summed E-state index contributed by atoms with van der Waals surface area (Å²) in [5.41, 5.74) is 0.137. The molecule has 13 heavy (non-hydrogen) atoms. The molecule has 1 rings (SSSR count). The number of nitro groups is 1. The molecule has 0 radical (unpaired) electrons. The molecule has 0 aromatic heterocycles. The van der Waals surface area contributed by atoms with Crippen molar-refractivity contribution in [3.8, 4) is 0 Å². The number of benzene rings is 1. The number of hydrogen-bond donors (Lipinski definition) is 2. The third kappa shape index (κ3) is 7.27. The summed E-state index contributed by atoms with van der Waals surface area (Å²) in [7, 11) is 0. The van der Waals surface area contributed by atoms with Crippen molar-refractivity contribution in [3.63, 3.8) is 0 Å². The van der Waals surface area contributed by atoms with Crippen molar-refractivity contribution in [1.29, 1.82) is 0 Å². The van der Waals surface area contributed by atoms with Crippen molar-refractivity contribution in [3.05, 3.63) is 40.4 Å². The van der Waals surface area contributed by atoms with Crippen LogP contribution in [0.1, 0.15) is 0 Å². The van der Waals surface area contributed by atoms with Gasteiger partial charge in [-0.25, -0.2) is 0 Å². The molecular weight excluding hydrogens is 241 g/mol. The first kappa shape index (κ1) is 11.9. The van der Waals surface area contributed by atoms with E-state index in [0.717, 1.165) is 0 Å². The first-order chi connectivity index (χ1) is 6.04. The van der Waals surface area contributed by atoms with Crippen molar-refractivity contribution in [2.45, 2.75) is 0 Å². The minimum absolute atomic E-state index is 0.137. The normalized spacial score (nSPS) is 8.85. The maximum Gasteiger partial charge on any atom is 0.269 e. The molecule has 6 nitrogen and oxygen atoms in total. The van der Waals surface area contributed by atoms with E-state index in [2.05, 4.69) is 0 Å². The standard InChI is InChI=1S/C6H5NO2.AsH3O3/c8-7(9)6-4-2-1-3-5-6;2-1(3)4/h1-5H;1H,(H2,2,3,4). The van der Waals surface area contributed by atoms with Crippen molar-refractivity contribution < 1.29 is 16.9 Å². The molecule has 0 saturated carbocycles. The van der Waals surface area contributed by atoms with Crippen LogP contribution in [0.15, 0.2) is 30.3 Å². The Labute approximate surface area is 78.8 Å². The minimum atomic E-state index is -3.58. The van der Waals surface area contributed by atoms with Gasteiger partial charge in [-0.15, -0.1) is 0 Å². The first-order valence-electron chi connectivity index (χ1n) is 3.15. The molecular formula is C6H8AsNO5. The SMILES string of the molecule is O=[AsH](O)O.O=[N+]([O-])c1ccccc1. The minimum Gasteiger partial charge on any atom is -0.258 e. The number of para-hydroxylation sites is 1. The summed E-state index contributed by atoms with van der Waals surface area (Å²) in [6.07, 6.45) is 0. The Bertz CT molecular complexity index is 284. The maximum atomic E-state index is 10.0. The zero-order chi connectivity index (χ0) is 10.3. The van der Waals surface area contributed by atoms with Crippen LogP contribution < -0.4 is 0 Å². The van der Waals surface area contributed by atoms with Crippen LogP contribution in [0.2, 0.25) is 0 Å². The van der Waals surface area contributed by atoms with E-state index < -0.39 is 20.2 Å². The molecule has 72 valence electrons. The molecule has 0 heterocycles. The van der Waals surface area contributed by atoms with E-state index in [1.54, 1.807) is 18.2 Å². The predicted molar refractivity (Wildman–Crippen MR) is 45.4 cm³/mol. The Hall–Kier alpha value is -1.10. The van der Waals surface area contributed by atoms with Crippen molar-refractivity contribution >= 4 is 21.0 Å². The second-order valence-electron chi connectivity index (χ2n) is 1.88. The van der Waals surface area contributed by atoms with Crippen LogP contribution in [-0.2, 0) is 3.74 Å². The summed E-state index contributed by atoms with van der Waals surface area (Å²) in [5.74, 6) is 0. The van der Waals surface area contributed by atoms with Gasteiger partial charge in [-0.05, 0) is 0 Å². The summed E-state index contributed by atoms with van der Waals surface area (Å²) in [4.78, 5) is 9.59. The average Bonchev–Trinajstić information content (AvgIpc) is 2.05. The number of non-ortho nitro benzene ring substituents is 1. The third-order valence-electron chi connectivity index (χ3n) is 0.967. The van der Waals surface area contributed by atoms with Gasteiger partial charge in [-0.3, -0.25) is 10.1 Å². The van der Waals surface area contributed by atoms with Crippen LogP contribution in [0.4, 0.5) is 5.69 Å². The Kier molecular flexibility index (Phi) is 5.87. The molecule has 0 aliphatic heterocycles. The number of nitrogens with zero attached hydrogens (tertiary/aromatic N) is 1. The Morgan fingerprint density at radius 1 is 1.23 bits per heavy atom. The van der Waals surface area contributed by atoms with E-state index in [4.69, 9.17) is 11.9 Å². The summed E-state index contributed by atoms with van der Waals surface area (Å²) < 4.78 is 23.2. The molecule has 0 aliphatic rings. The Morgan fingerprint density at radius 3 is 1.85 bits per heavy atom. The molecule has 0 spiro atoms. The largest absolute Gasteiger partial charge is 0.269 e. The molecule has 0 atom stereocenters. The molecule has 2 N–H and O–H groups in total. The van der Waals surface area contributed by atoms with Crippen LogP contribution in [0, 0.1) is 10.1 Å². The second-order valence-corrected chi connectivity index (χ2v) is 3.06. The van der Waals surface area contributed by atoms with Crippen LogP contribution in [0.25, 0.3) is 0 Å². The molecule has 0 bridgehead atoms. The Morgan fingerprint density at radius 2 is 1.62 bits per heavy atom. The summed E-state index contributed by atoms with van der Waals surface area (Å²) in [5, 5.41) is 10.0. The van der Waals surface area contributed by atoms with Crippen LogP contribution in [0.3, 0.4) is 0 Å². The zero-order valence-corrected chi connectivity index (χ0v) is 8.55. The molecule has 7 heteroatoms. The van der Waals surface area contributed by atoms with E-state index in [-0.39, 0.29) is 5.69 Å². The fraction of sp³-hybridized carbons (Fsp3) is 0. The monoisotopic (exact) mass is 249 g/mol. The number of nitro benzene ring substituents is 1. The fourth-order valence-electron chi connectivity index (χ4n) is 0.550. The van der Waals surface area contributed by atoms with Crippen molar-refractivity contribution in [2.75, 3.05) is 0 Å². The van der Waals surface area contributed by atoms with Gasteiger partial charge in [0.1, 0.15) is 0 Å². The topological polar surface area (TPSA) is 101 Å². The van der Waals surface area contributed by atoms with Gasteiger partial charge in [0.05, 0.1) is 4.92 Å². The third-order valence-corrected chi connectivity index (χ3v) is 0.967. The van der Waals surface area contributed by atoms with Gasteiger partial charge in [-0.1, -0.05) is 18.2 Å². The molecule has 1 aromatic carbocycles. The van der Waals surface area contributed by atoms with Gasteiger partial charge in [0.15, 0.2) is 0 Å². The Balaban J connectivity index is 0.000000310. The van der Waals surface area contributed by atoms with E-state index in [1.807, 2.05) is 0 Å². The quantitative estimate of drug-likeness (QED) is 0.404. The van der Waals surface area contributed by atoms with E-state index in [1.165, 1.54) is 12.1 Å². The number of hydrogen-bond acceptors (Lipinski definition) is 3. The first-order valence-corrected chi connectivity index (χ1v) is 5.88. The van der Waals surface area contributed by atoms with Gasteiger partial charge in [0.2, 0.25) is 0 Å². The van der Waals surface area contributed by atoms with Crippen molar-refractivity contribution in [2.24, 2.45) is 0 Å². The van der Waals surface area contributed by atoms with E-state index in [9.17, 15) is 10.1 Å². The van der Waals surface area contributed by atoms with E-state index in [0.29, 0.717) is 0 Å². The van der Waals surface area contributed by atoms with Crippen LogP contribution in [0.5, 0.6) is 0 Å². The fourth-order valence-corrected chi connectivity index (χ4v) is 0.550. The predicted octanol–water partition coefficient (Wildman–Crippen LogP) is -0.286. The number of rotatable bonds is 1. The van der Waals surface area contributed by atoms with Gasteiger partial charge in [0, 0.05) is 12.1 Å². The van der Waals surface area contributed by atoms with Crippen LogP contribution in [-0.4, -0.2) is 28.4 Å². The van der Waals surface area contributed by atoms with Gasteiger partial charge in [-0.2, -0.15) is 0 Å². The summed E-state index contributed by atoms with van der Waals surface area (Å²) in [6, 6.07) is 7.93. The molecule has 0 unspecified atom stereocenters. The van der Waals surface area contributed by atoms with Gasteiger partial charge >= 0.3 is 27.2 Å². The second kappa shape index (κ2) is 6.42. The van der Waals surface area contributed by atoms with Crippen LogP contribution >= 0.6 is 0 Å². The smallest absolute Gasteiger partial charge is 0.258 e. The summed E-state index contributed by atoms with van der Waals surface area (Å²) in [6.45, 7) is 0. The van der Waals surface area contributed by atoms with Gasteiger partial charge in [0.25, 0.3) is 5.69 Å². The van der Waals surface area contributed by atoms with E-state index >= 15 is 0 Å². The molecule has 1 aromatic rings.